The van der Waals surface area contributed by atoms with E-state index in [9.17, 15) is 4.79 Å². The highest BCUT2D eigenvalue weighted by molar-refractivity contribution is 5.60. The fourth-order valence-corrected chi connectivity index (χ4v) is 9.04. The quantitative estimate of drug-likeness (QED) is 0.283. The Hall–Kier alpha value is -0.990. The molecule has 0 N–H and O–H groups in total. The predicted octanol–water partition coefficient (Wildman–Crippen LogP) is 8.57. The topological polar surface area (TPSA) is 35.5 Å². The van der Waals surface area contributed by atoms with Gasteiger partial charge in [0.15, 0.2) is 0 Å². The maximum Gasteiger partial charge on any atom is 0.508 e. The van der Waals surface area contributed by atoms with E-state index in [0.717, 1.165) is 54.8 Å². The zero-order valence-electron chi connectivity index (χ0n) is 22.3. The van der Waals surface area contributed by atoms with Gasteiger partial charge in [-0.05, 0) is 98.2 Å². The second-order valence-electron chi connectivity index (χ2n) is 13.0. The Morgan fingerprint density at radius 1 is 1.06 bits per heavy atom. The molecule has 3 nitrogen and oxygen atoms in total. The molecule has 3 heteroatoms. The second-order valence-corrected chi connectivity index (χ2v) is 13.0. The molecule has 3 fully saturated rings. The summed E-state index contributed by atoms with van der Waals surface area (Å²) in [6, 6.07) is 0. The maximum absolute atomic E-state index is 11.9. The van der Waals surface area contributed by atoms with E-state index in [1.165, 1.54) is 51.4 Å². The Morgan fingerprint density at radius 2 is 1.85 bits per heavy atom. The molecule has 0 aliphatic heterocycles. The molecule has 33 heavy (non-hydrogen) atoms. The lowest BCUT2D eigenvalue weighted by Gasteiger charge is -2.58. The Bertz CT molecular complexity index is 726. The fourth-order valence-electron chi connectivity index (χ4n) is 9.04. The molecule has 0 heterocycles. The highest BCUT2D eigenvalue weighted by Gasteiger charge is 2.59. The van der Waals surface area contributed by atoms with Gasteiger partial charge >= 0.3 is 6.16 Å². The van der Waals surface area contributed by atoms with Crippen LogP contribution in [0.2, 0.25) is 0 Å². The molecule has 8 atom stereocenters. The van der Waals surface area contributed by atoms with Gasteiger partial charge in [-0.1, -0.05) is 65.5 Å². The molecule has 0 saturated heterocycles. The van der Waals surface area contributed by atoms with Gasteiger partial charge in [0, 0.05) is 6.42 Å². The van der Waals surface area contributed by atoms with Gasteiger partial charge in [0.1, 0.15) is 6.10 Å². The lowest BCUT2D eigenvalue weighted by molar-refractivity contribution is -0.0615. The van der Waals surface area contributed by atoms with Crippen LogP contribution in [0.25, 0.3) is 0 Å². The largest absolute Gasteiger partial charge is 0.508 e. The number of rotatable bonds is 7. The van der Waals surface area contributed by atoms with Crippen LogP contribution in [0.5, 0.6) is 0 Å². The van der Waals surface area contributed by atoms with E-state index in [1.54, 1.807) is 5.57 Å². The lowest BCUT2D eigenvalue weighted by atomic mass is 9.47. The third-order valence-electron chi connectivity index (χ3n) is 10.8. The van der Waals surface area contributed by atoms with Gasteiger partial charge in [-0.25, -0.2) is 4.79 Å². The van der Waals surface area contributed by atoms with Crippen LogP contribution in [0, 0.1) is 46.3 Å². The van der Waals surface area contributed by atoms with Crippen molar-refractivity contribution in [1.29, 1.82) is 0 Å². The first kappa shape index (κ1) is 25.1. The summed E-state index contributed by atoms with van der Waals surface area (Å²) in [4.78, 5) is 11.9. The Balaban J connectivity index is 1.43. The van der Waals surface area contributed by atoms with Crippen molar-refractivity contribution in [2.24, 2.45) is 46.3 Å². The molecule has 0 amide bonds. The average Bonchev–Trinajstić information content (AvgIpc) is 3.11. The first-order valence-corrected chi connectivity index (χ1v) is 14.2. The summed E-state index contributed by atoms with van der Waals surface area (Å²) < 4.78 is 10.7. The van der Waals surface area contributed by atoms with Gasteiger partial charge in [0.2, 0.25) is 0 Å². The molecule has 4 rings (SSSR count). The molecular formula is C30H50O3. The number of fused-ring (bicyclic) bond motifs is 5. The zero-order valence-corrected chi connectivity index (χ0v) is 22.3. The van der Waals surface area contributed by atoms with E-state index in [-0.39, 0.29) is 6.10 Å². The summed E-state index contributed by atoms with van der Waals surface area (Å²) in [5, 5.41) is 0. The zero-order chi connectivity index (χ0) is 23.8. The predicted molar refractivity (Wildman–Crippen MR) is 135 cm³/mol. The van der Waals surface area contributed by atoms with Crippen LogP contribution < -0.4 is 0 Å². The van der Waals surface area contributed by atoms with Crippen LogP contribution in [-0.2, 0) is 9.47 Å². The summed E-state index contributed by atoms with van der Waals surface area (Å²) in [6.45, 7) is 14.7. The summed E-state index contributed by atoms with van der Waals surface area (Å²) in [5.41, 5.74) is 2.42. The molecule has 0 aromatic rings. The lowest BCUT2D eigenvalue weighted by Crippen LogP contribution is -2.51. The van der Waals surface area contributed by atoms with E-state index in [0.29, 0.717) is 17.4 Å². The number of hydrogen-bond donors (Lipinski definition) is 0. The Kier molecular flexibility index (Phi) is 7.56. The number of carbonyl (C=O) groups is 1. The number of allylic oxidation sites excluding steroid dienone is 1. The van der Waals surface area contributed by atoms with Crippen molar-refractivity contribution >= 4 is 6.16 Å². The first-order valence-electron chi connectivity index (χ1n) is 14.2. The second kappa shape index (κ2) is 9.94. The van der Waals surface area contributed by atoms with Crippen molar-refractivity contribution in [3.63, 3.8) is 0 Å². The first-order chi connectivity index (χ1) is 15.7. The van der Waals surface area contributed by atoms with Crippen LogP contribution >= 0.6 is 0 Å². The van der Waals surface area contributed by atoms with Gasteiger partial charge in [-0.3, -0.25) is 0 Å². The van der Waals surface area contributed by atoms with Gasteiger partial charge in [-0.15, -0.1) is 0 Å². The molecule has 4 aliphatic carbocycles. The normalized spacial score (nSPS) is 40.9. The minimum Gasteiger partial charge on any atom is -0.435 e. The Morgan fingerprint density at radius 3 is 2.58 bits per heavy atom. The fraction of sp³-hybridized carbons (Fsp3) is 0.900. The van der Waals surface area contributed by atoms with E-state index in [4.69, 9.17) is 9.47 Å². The number of carbonyl (C=O) groups excluding carboxylic acids is 1. The van der Waals surface area contributed by atoms with E-state index < -0.39 is 6.16 Å². The molecule has 0 spiro atoms. The van der Waals surface area contributed by atoms with E-state index >= 15 is 0 Å². The summed E-state index contributed by atoms with van der Waals surface area (Å²) in [7, 11) is 0. The summed E-state index contributed by atoms with van der Waals surface area (Å²) >= 11 is 0. The minimum atomic E-state index is -0.492. The van der Waals surface area contributed by atoms with Crippen molar-refractivity contribution in [3.8, 4) is 0 Å². The molecule has 4 aliphatic rings. The molecule has 3 saturated carbocycles. The summed E-state index contributed by atoms with van der Waals surface area (Å²) in [5.74, 6) is 5.19. The van der Waals surface area contributed by atoms with Gasteiger partial charge in [0.25, 0.3) is 0 Å². The highest BCUT2D eigenvalue weighted by Crippen LogP contribution is 2.67. The number of ether oxygens (including phenoxy) is 2. The van der Waals surface area contributed by atoms with Crippen molar-refractivity contribution < 1.29 is 14.3 Å². The van der Waals surface area contributed by atoms with Gasteiger partial charge in [-0.2, -0.15) is 0 Å². The molecule has 0 aromatic carbocycles. The van der Waals surface area contributed by atoms with Crippen LogP contribution in [0.1, 0.15) is 112 Å². The van der Waals surface area contributed by atoms with E-state index in [2.05, 4.69) is 40.7 Å². The average molecular weight is 459 g/mol. The Labute approximate surface area is 203 Å². The van der Waals surface area contributed by atoms with Crippen molar-refractivity contribution in [2.45, 2.75) is 118 Å². The highest BCUT2D eigenvalue weighted by atomic mass is 16.7. The van der Waals surface area contributed by atoms with Crippen LogP contribution in [-0.4, -0.2) is 18.9 Å². The van der Waals surface area contributed by atoms with Crippen LogP contribution in [0.3, 0.4) is 0 Å². The molecular weight excluding hydrogens is 408 g/mol. The van der Waals surface area contributed by atoms with Crippen molar-refractivity contribution in [2.75, 3.05) is 6.61 Å². The summed E-state index contributed by atoms with van der Waals surface area (Å²) in [6.07, 6.45) is 16.3. The van der Waals surface area contributed by atoms with Crippen molar-refractivity contribution in [1.82, 2.24) is 0 Å². The molecule has 0 radical (unpaired) electrons. The van der Waals surface area contributed by atoms with Crippen molar-refractivity contribution in [3.05, 3.63) is 11.6 Å². The third-order valence-corrected chi connectivity index (χ3v) is 10.8. The minimum absolute atomic E-state index is 0.00340. The van der Waals surface area contributed by atoms with Gasteiger partial charge in [0.05, 0.1) is 6.61 Å². The van der Waals surface area contributed by atoms with Crippen LogP contribution in [0.15, 0.2) is 11.6 Å². The molecule has 188 valence electrons. The standard InChI is InChI=1S/C30H50O3/c1-7-32-28(31)33-23-15-17-29(5)22(19-23)11-12-24-26-14-13-25(21(4)10-8-9-20(2)3)30(26,6)18-16-27(24)29/h11,20-21,23-27H,7-10,12-19H2,1-6H3/t21-,23+,24+,25-,26+,27+,29+,30-/m0/s1. The third kappa shape index (κ3) is 4.76. The molecule has 0 aromatic heterocycles. The molecule has 0 unspecified atom stereocenters. The maximum atomic E-state index is 11.9. The number of hydrogen-bond acceptors (Lipinski definition) is 3. The molecule has 0 bridgehead atoms. The van der Waals surface area contributed by atoms with Crippen LogP contribution in [0.4, 0.5) is 4.79 Å². The SMILES string of the molecule is CCOC(=O)O[C@@H]1CC[C@]2(C)C(=CC[C@@H]3[C@H]4CC[C@@H]([C@@H](C)CCCC(C)C)[C@]4(C)CC[C@H]32)C1. The van der Waals surface area contributed by atoms with E-state index in [1.807, 2.05) is 6.92 Å². The van der Waals surface area contributed by atoms with Gasteiger partial charge < -0.3 is 9.47 Å². The smallest absolute Gasteiger partial charge is 0.435 e. The monoisotopic (exact) mass is 458 g/mol.